The molecule has 1 saturated heterocycles. The van der Waals surface area contributed by atoms with Crippen molar-refractivity contribution in [3.05, 3.63) is 42.4 Å². The topological polar surface area (TPSA) is 176 Å². The zero-order valence-electron chi connectivity index (χ0n) is 20.0. The number of thioether (sulfide) groups is 1. The summed E-state index contributed by atoms with van der Waals surface area (Å²) in [6.07, 6.45) is -4.27. The van der Waals surface area contributed by atoms with Gasteiger partial charge in [0, 0.05) is 17.7 Å². The Bertz CT molecular complexity index is 1130. The summed E-state index contributed by atoms with van der Waals surface area (Å²) in [6, 6.07) is 10.0. The number of nitrogens with zero attached hydrogens (tertiary/aromatic N) is 3. The molecule has 196 valence electrons. The molecule has 2 aromatic rings. The average molecular weight is 541 g/mol. The molecule has 3 rings (SSSR count). The van der Waals surface area contributed by atoms with Gasteiger partial charge in [-0.2, -0.15) is 5.26 Å². The highest BCUT2D eigenvalue weighted by molar-refractivity contribution is 8.13. The van der Waals surface area contributed by atoms with E-state index in [1.807, 2.05) is 20.8 Å². The lowest BCUT2D eigenvalue weighted by Crippen LogP contribution is -2.34. The van der Waals surface area contributed by atoms with E-state index in [0.717, 1.165) is 22.7 Å². The third-order valence-corrected chi connectivity index (χ3v) is 7.95. The zero-order valence-corrected chi connectivity index (χ0v) is 21.7. The first-order valence-corrected chi connectivity index (χ1v) is 13.6. The van der Waals surface area contributed by atoms with E-state index in [1.54, 1.807) is 36.4 Å². The number of carbonyl (C=O) groups excluding carboxylic acids is 1. The molecule has 1 unspecified atom stereocenters. The van der Waals surface area contributed by atoms with Gasteiger partial charge in [0.15, 0.2) is 11.3 Å². The van der Waals surface area contributed by atoms with Gasteiger partial charge in [0.25, 0.3) is 0 Å². The number of aliphatic hydroxyl groups excluding tert-OH is 2. The van der Waals surface area contributed by atoms with E-state index >= 15 is 0 Å². The summed E-state index contributed by atoms with van der Waals surface area (Å²) < 4.78 is 31.2. The molecule has 4 N–H and O–H groups in total. The molecule has 0 saturated carbocycles. The van der Waals surface area contributed by atoms with Crippen LogP contribution >= 0.6 is 19.5 Å². The Morgan fingerprint density at radius 2 is 2.00 bits per heavy atom. The first kappa shape index (κ1) is 28.1. The number of imidazole rings is 1. The van der Waals surface area contributed by atoms with Crippen LogP contribution in [0.5, 0.6) is 11.6 Å². The van der Waals surface area contributed by atoms with Crippen LogP contribution in [-0.4, -0.2) is 67.2 Å². The first-order chi connectivity index (χ1) is 16.9. The molecule has 2 heterocycles. The van der Waals surface area contributed by atoms with E-state index in [4.69, 9.17) is 19.0 Å². The Hall–Kier alpha value is -2.43. The van der Waals surface area contributed by atoms with Crippen LogP contribution in [0.25, 0.3) is 0 Å². The van der Waals surface area contributed by atoms with E-state index in [0.29, 0.717) is 5.75 Å². The fourth-order valence-electron chi connectivity index (χ4n) is 3.16. The molecule has 0 radical (unpaired) electrons. The Morgan fingerprint density at radius 3 is 2.61 bits per heavy atom. The Labute approximate surface area is 212 Å². The van der Waals surface area contributed by atoms with Crippen LogP contribution in [0.2, 0.25) is 0 Å². The standard InChI is InChI=1S/C22H29N4O8PS/c1-22(2,3)21(30)36-10-9-25-35(31,34-14-7-5-4-6-8-14)32-12-16-17(27)18(28)20(33-16)26-13-24-15(11-23)19(26)29/h4-8,13,16-18,20,27-29H,9-10,12H2,1-3H3,(H,25,31)/t16-,17-,18-,20-,35?/m1/s1. The number of hydrogen-bond acceptors (Lipinski definition) is 11. The predicted molar refractivity (Wildman–Crippen MR) is 130 cm³/mol. The number of aliphatic hydroxyl groups is 2. The molecule has 0 amide bonds. The first-order valence-electron chi connectivity index (χ1n) is 11.0. The summed E-state index contributed by atoms with van der Waals surface area (Å²) in [5.74, 6) is 0.0498. The lowest BCUT2D eigenvalue weighted by atomic mass is 10.00. The van der Waals surface area contributed by atoms with Crippen molar-refractivity contribution in [2.45, 2.75) is 45.3 Å². The number of carbonyl (C=O) groups is 1. The second kappa shape index (κ2) is 11.7. The quantitative estimate of drug-likeness (QED) is 0.256. The minimum Gasteiger partial charge on any atom is -0.492 e. The molecule has 0 aliphatic carbocycles. The highest BCUT2D eigenvalue weighted by Gasteiger charge is 2.46. The van der Waals surface area contributed by atoms with Gasteiger partial charge >= 0.3 is 7.75 Å². The van der Waals surface area contributed by atoms with Crippen molar-refractivity contribution in [1.29, 1.82) is 5.26 Å². The van der Waals surface area contributed by atoms with Crippen molar-refractivity contribution in [2.75, 3.05) is 18.9 Å². The molecule has 36 heavy (non-hydrogen) atoms. The van der Waals surface area contributed by atoms with Crippen molar-refractivity contribution >= 4 is 24.6 Å². The summed E-state index contributed by atoms with van der Waals surface area (Å²) in [6.45, 7) is 5.10. The van der Waals surface area contributed by atoms with Gasteiger partial charge < -0.3 is 24.6 Å². The number of ether oxygens (including phenoxy) is 1. The van der Waals surface area contributed by atoms with E-state index in [2.05, 4.69) is 10.1 Å². The van der Waals surface area contributed by atoms with Crippen LogP contribution in [0, 0.1) is 16.7 Å². The number of rotatable bonds is 10. The monoisotopic (exact) mass is 540 g/mol. The number of para-hydroxylation sites is 1. The number of nitrogens with one attached hydrogen (secondary N) is 1. The summed E-state index contributed by atoms with van der Waals surface area (Å²) in [5, 5.41) is 42.6. The maximum absolute atomic E-state index is 13.5. The van der Waals surface area contributed by atoms with Crippen LogP contribution in [0.15, 0.2) is 36.7 Å². The van der Waals surface area contributed by atoms with Crippen molar-refractivity contribution in [1.82, 2.24) is 14.6 Å². The van der Waals surface area contributed by atoms with Crippen LogP contribution in [0.1, 0.15) is 32.7 Å². The molecule has 0 bridgehead atoms. The normalized spacial score (nSPS) is 23.7. The number of aromatic hydroxyl groups is 1. The Morgan fingerprint density at radius 1 is 1.31 bits per heavy atom. The van der Waals surface area contributed by atoms with Crippen LogP contribution < -0.4 is 9.61 Å². The molecule has 12 nitrogen and oxygen atoms in total. The van der Waals surface area contributed by atoms with Gasteiger partial charge in [-0.3, -0.25) is 13.9 Å². The van der Waals surface area contributed by atoms with E-state index in [9.17, 15) is 24.7 Å². The number of benzene rings is 1. The van der Waals surface area contributed by atoms with Crippen molar-refractivity contribution in [3.8, 4) is 17.7 Å². The number of hydrogen-bond donors (Lipinski definition) is 4. The molecule has 1 aromatic heterocycles. The molecular formula is C22H29N4O8PS. The smallest absolute Gasteiger partial charge is 0.458 e. The van der Waals surface area contributed by atoms with Crippen LogP contribution in [0.3, 0.4) is 0 Å². The number of nitriles is 1. The van der Waals surface area contributed by atoms with Gasteiger partial charge in [0.2, 0.25) is 11.6 Å². The second-order valence-corrected chi connectivity index (χ2v) is 11.8. The summed E-state index contributed by atoms with van der Waals surface area (Å²) in [5.41, 5.74) is -0.788. The number of aromatic nitrogens is 2. The fourth-order valence-corrected chi connectivity index (χ4v) is 5.47. The van der Waals surface area contributed by atoms with Gasteiger partial charge in [0.1, 0.15) is 36.5 Å². The lowest BCUT2D eigenvalue weighted by Gasteiger charge is -2.23. The highest BCUT2D eigenvalue weighted by atomic mass is 32.2. The predicted octanol–water partition coefficient (Wildman–Crippen LogP) is 2.18. The lowest BCUT2D eigenvalue weighted by molar-refractivity contribution is -0.117. The fraction of sp³-hybridized carbons (Fsp3) is 0.500. The average Bonchev–Trinajstić information content (AvgIpc) is 3.34. The molecule has 1 aliphatic heterocycles. The molecule has 14 heteroatoms. The molecular weight excluding hydrogens is 511 g/mol. The maximum atomic E-state index is 13.5. The van der Waals surface area contributed by atoms with Gasteiger partial charge in [-0.05, 0) is 12.1 Å². The van der Waals surface area contributed by atoms with E-state index in [1.165, 1.54) is 0 Å². The minimum absolute atomic E-state index is 0.0196. The SMILES string of the molecule is CC(C)(C)C(=O)SCCNP(=O)(OC[C@H]1O[C@@H](n2cnc(C#N)c2O)[C@H](O)[C@@H]1O)Oc1ccccc1. The summed E-state index contributed by atoms with van der Waals surface area (Å²) in [7, 11) is -4.00. The largest absolute Gasteiger partial charge is 0.492 e. The maximum Gasteiger partial charge on any atom is 0.458 e. The minimum atomic E-state index is -4.00. The van der Waals surface area contributed by atoms with Crippen molar-refractivity contribution < 1.29 is 38.5 Å². The zero-order chi connectivity index (χ0) is 26.5. The Balaban J connectivity index is 1.66. The van der Waals surface area contributed by atoms with Gasteiger partial charge in [0.05, 0.1) is 6.61 Å². The molecule has 1 fully saturated rings. The van der Waals surface area contributed by atoms with E-state index in [-0.39, 0.29) is 23.1 Å². The molecule has 1 aromatic carbocycles. The second-order valence-electron chi connectivity index (χ2n) is 8.97. The van der Waals surface area contributed by atoms with Gasteiger partial charge in [-0.25, -0.2) is 14.6 Å². The van der Waals surface area contributed by atoms with Crippen LogP contribution in [0.4, 0.5) is 0 Å². The highest BCUT2D eigenvalue weighted by Crippen LogP contribution is 2.45. The Kier molecular flexibility index (Phi) is 9.18. The molecule has 1 aliphatic rings. The third kappa shape index (κ3) is 6.86. The molecule has 0 spiro atoms. The summed E-state index contributed by atoms with van der Waals surface area (Å²) >= 11 is 1.09. The van der Waals surface area contributed by atoms with Crippen molar-refractivity contribution in [2.24, 2.45) is 5.41 Å². The van der Waals surface area contributed by atoms with Gasteiger partial charge in [-0.1, -0.05) is 50.7 Å². The van der Waals surface area contributed by atoms with Crippen LogP contribution in [-0.2, 0) is 18.6 Å². The summed E-state index contributed by atoms with van der Waals surface area (Å²) in [4.78, 5) is 15.8. The van der Waals surface area contributed by atoms with Gasteiger partial charge in [-0.15, -0.1) is 0 Å². The molecule has 5 atom stereocenters. The van der Waals surface area contributed by atoms with Crippen molar-refractivity contribution in [3.63, 3.8) is 0 Å². The third-order valence-electron chi connectivity index (χ3n) is 5.12. The van der Waals surface area contributed by atoms with E-state index < -0.39 is 50.2 Å².